The number of ether oxygens (including phenoxy) is 1. The van der Waals surface area contributed by atoms with Gasteiger partial charge >= 0.3 is 0 Å². The zero-order chi connectivity index (χ0) is 43.7. The molecule has 0 saturated heterocycles. The van der Waals surface area contributed by atoms with Crippen LogP contribution in [-0.4, -0.2) is 16.1 Å². The maximum Gasteiger partial charge on any atom is 0.256 e. The summed E-state index contributed by atoms with van der Waals surface area (Å²) in [5, 5.41) is 3.60. The molecular weight excluding hydrogens is 765 g/mol. The SMILES string of the molecule is CC(C)(C)c1ccc2c(c1)B1c3cc(C(C)(C)C)cc4c3N(c3ccc(C(C)(C)C)cc3C4(C)C)c3cc(-c4ccc5nc6c7ccccc7c7ccccc7n6c5c4)cc(c31)O2. The van der Waals surface area contributed by atoms with Crippen LogP contribution < -0.4 is 26.0 Å². The molecule has 0 radical (unpaired) electrons. The molecule has 0 atom stereocenters. The van der Waals surface area contributed by atoms with Crippen LogP contribution in [0.15, 0.2) is 127 Å². The van der Waals surface area contributed by atoms with Crippen molar-refractivity contribution in [1.29, 1.82) is 0 Å². The number of benzene rings is 7. The minimum atomic E-state index is -0.251. The van der Waals surface area contributed by atoms with E-state index in [1.807, 2.05) is 0 Å². The molecular formula is C58H54BN3O. The van der Waals surface area contributed by atoms with Gasteiger partial charge in [-0.25, -0.2) is 4.98 Å². The van der Waals surface area contributed by atoms with Crippen molar-refractivity contribution in [2.75, 3.05) is 4.90 Å². The summed E-state index contributed by atoms with van der Waals surface area (Å²) in [4.78, 5) is 7.89. The van der Waals surface area contributed by atoms with E-state index in [1.54, 1.807) is 0 Å². The molecule has 310 valence electrons. The summed E-state index contributed by atoms with van der Waals surface area (Å²) in [6.45, 7) is 25.9. The molecule has 0 saturated carbocycles. The standard InChI is InChI=1S/C58H54BN3O/c1-55(2,3)35-21-24-47-41(29-35)58(10,11)42-30-37(57(7,8)9)32-44-53(42)61(47)49-27-34(28-51-52(49)59(44)43-31-36(56(4,5)6)22-25-50(43)63-51)33-20-23-45-48(26-33)62-46-19-15-14-17-39(46)38-16-12-13-18-40(38)54(62)60-45/h12-32H,1-11H3. The first-order valence-electron chi connectivity index (χ1n) is 22.7. The first-order chi connectivity index (χ1) is 29.9. The molecule has 5 heteroatoms. The maximum absolute atomic E-state index is 7.20. The lowest BCUT2D eigenvalue weighted by Crippen LogP contribution is -2.61. The third-order valence-corrected chi connectivity index (χ3v) is 14.6. The van der Waals surface area contributed by atoms with E-state index in [4.69, 9.17) is 9.72 Å². The molecule has 9 aromatic rings. The molecule has 0 bridgehead atoms. The molecule has 5 heterocycles. The molecule has 12 rings (SSSR count). The largest absolute Gasteiger partial charge is 0.458 e. The molecule has 3 aliphatic heterocycles. The number of rotatable bonds is 1. The summed E-state index contributed by atoms with van der Waals surface area (Å²) < 4.78 is 9.57. The van der Waals surface area contributed by atoms with Crippen molar-refractivity contribution in [3.8, 4) is 22.6 Å². The van der Waals surface area contributed by atoms with E-state index in [9.17, 15) is 0 Å². The van der Waals surface area contributed by atoms with E-state index in [0.717, 1.165) is 50.2 Å². The molecule has 0 unspecified atom stereocenters. The van der Waals surface area contributed by atoms with E-state index in [2.05, 4.69) is 213 Å². The molecule has 0 fully saturated rings. The van der Waals surface area contributed by atoms with Crippen molar-refractivity contribution in [3.63, 3.8) is 0 Å². The fraction of sp³-hybridized carbons (Fsp3) is 0.259. The highest BCUT2D eigenvalue weighted by molar-refractivity contribution is 6.99. The van der Waals surface area contributed by atoms with Gasteiger partial charge in [0.1, 0.15) is 17.1 Å². The Morgan fingerprint density at radius 2 is 1.17 bits per heavy atom. The van der Waals surface area contributed by atoms with Crippen molar-refractivity contribution < 1.29 is 4.74 Å². The Bertz CT molecular complexity index is 3480. The highest BCUT2D eigenvalue weighted by Gasteiger charge is 2.49. The molecule has 4 nitrogen and oxygen atoms in total. The van der Waals surface area contributed by atoms with Gasteiger partial charge in [-0.1, -0.05) is 161 Å². The fourth-order valence-corrected chi connectivity index (χ4v) is 11.0. The molecule has 0 amide bonds. The number of hydrogen-bond acceptors (Lipinski definition) is 3. The maximum atomic E-state index is 7.20. The number of imidazole rings is 1. The van der Waals surface area contributed by atoms with Crippen LogP contribution in [0.3, 0.4) is 0 Å². The Kier molecular flexibility index (Phi) is 7.57. The van der Waals surface area contributed by atoms with Crippen molar-refractivity contribution in [2.24, 2.45) is 0 Å². The smallest absolute Gasteiger partial charge is 0.256 e. The van der Waals surface area contributed by atoms with Crippen LogP contribution in [0.2, 0.25) is 0 Å². The molecule has 0 aliphatic carbocycles. The van der Waals surface area contributed by atoms with Crippen LogP contribution >= 0.6 is 0 Å². The molecule has 63 heavy (non-hydrogen) atoms. The van der Waals surface area contributed by atoms with E-state index < -0.39 is 0 Å². The second-order valence-electron chi connectivity index (χ2n) is 22.1. The van der Waals surface area contributed by atoms with Gasteiger partial charge in [-0.2, -0.15) is 0 Å². The van der Waals surface area contributed by atoms with Gasteiger partial charge in [-0.05, 0) is 119 Å². The van der Waals surface area contributed by atoms with Crippen LogP contribution in [0.25, 0.3) is 49.5 Å². The number of hydrogen-bond donors (Lipinski definition) is 0. The Balaban J connectivity index is 1.17. The Morgan fingerprint density at radius 1 is 0.524 bits per heavy atom. The van der Waals surface area contributed by atoms with E-state index in [-0.39, 0.29) is 28.4 Å². The normalized spacial score (nSPS) is 15.1. The molecule has 3 aliphatic rings. The molecule has 0 spiro atoms. The zero-order valence-electron chi connectivity index (χ0n) is 38.5. The van der Waals surface area contributed by atoms with Crippen molar-refractivity contribution in [2.45, 2.75) is 97.8 Å². The fourth-order valence-electron chi connectivity index (χ4n) is 11.0. The zero-order valence-corrected chi connectivity index (χ0v) is 38.5. The van der Waals surface area contributed by atoms with Gasteiger partial charge in [0.2, 0.25) is 0 Å². The van der Waals surface area contributed by atoms with Crippen LogP contribution in [0.1, 0.15) is 104 Å². The van der Waals surface area contributed by atoms with Gasteiger partial charge < -0.3 is 9.64 Å². The minimum absolute atomic E-state index is 0.00510. The summed E-state index contributed by atoms with van der Waals surface area (Å²) in [7, 11) is 0. The summed E-state index contributed by atoms with van der Waals surface area (Å²) in [6.07, 6.45) is 0. The van der Waals surface area contributed by atoms with Gasteiger partial charge in [0.25, 0.3) is 6.71 Å². The Morgan fingerprint density at radius 3 is 1.92 bits per heavy atom. The van der Waals surface area contributed by atoms with Crippen LogP contribution in [0.5, 0.6) is 11.5 Å². The number of aromatic nitrogens is 2. The van der Waals surface area contributed by atoms with E-state index >= 15 is 0 Å². The average molecular weight is 820 g/mol. The van der Waals surface area contributed by atoms with Gasteiger partial charge in [0.15, 0.2) is 0 Å². The lowest BCUT2D eigenvalue weighted by molar-refractivity contribution is 0.486. The van der Waals surface area contributed by atoms with E-state index in [0.29, 0.717) is 0 Å². The lowest BCUT2D eigenvalue weighted by atomic mass is 9.33. The van der Waals surface area contributed by atoms with Crippen molar-refractivity contribution in [1.82, 2.24) is 9.38 Å². The number of pyridine rings is 1. The van der Waals surface area contributed by atoms with E-state index in [1.165, 1.54) is 72.0 Å². The van der Waals surface area contributed by atoms with Crippen molar-refractivity contribution in [3.05, 3.63) is 155 Å². The highest BCUT2D eigenvalue weighted by Crippen LogP contribution is 2.55. The average Bonchev–Trinajstić information content (AvgIpc) is 3.64. The highest BCUT2D eigenvalue weighted by atomic mass is 16.5. The quantitative estimate of drug-likeness (QED) is 0.122. The monoisotopic (exact) mass is 819 g/mol. The third kappa shape index (κ3) is 5.38. The van der Waals surface area contributed by atoms with Gasteiger partial charge in [-0.15, -0.1) is 0 Å². The van der Waals surface area contributed by atoms with Gasteiger partial charge in [-0.3, -0.25) is 4.40 Å². The van der Waals surface area contributed by atoms with Crippen LogP contribution in [0, 0.1) is 0 Å². The van der Waals surface area contributed by atoms with Crippen molar-refractivity contribution >= 4 is 78.5 Å². The number of nitrogens with zero attached hydrogens (tertiary/aromatic N) is 3. The number of fused-ring (bicyclic) bond motifs is 14. The first-order valence-corrected chi connectivity index (χ1v) is 22.7. The van der Waals surface area contributed by atoms with Gasteiger partial charge in [0, 0.05) is 27.6 Å². The minimum Gasteiger partial charge on any atom is -0.458 e. The van der Waals surface area contributed by atoms with Crippen LogP contribution in [-0.2, 0) is 21.7 Å². The first kappa shape index (κ1) is 38.4. The summed E-state index contributed by atoms with van der Waals surface area (Å²) in [6, 6.07) is 48.2. The molecule has 2 aromatic heterocycles. The molecule has 0 N–H and O–H groups in total. The Labute approximate surface area is 371 Å². The second-order valence-corrected chi connectivity index (χ2v) is 22.1. The predicted octanol–water partition coefficient (Wildman–Crippen LogP) is 13.4. The summed E-state index contributed by atoms with van der Waals surface area (Å²) >= 11 is 0. The predicted molar refractivity (Wildman–Crippen MR) is 267 cm³/mol. The topological polar surface area (TPSA) is 29.8 Å². The second kappa shape index (κ2) is 12.4. The Hall–Kier alpha value is -6.33. The summed E-state index contributed by atoms with van der Waals surface area (Å²) in [5.41, 5.74) is 20.5. The third-order valence-electron chi connectivity index (χ3n) is 14.6. The number of anilines is 3. The molecule has 7 aromatic carbocycles. The number of para-hydroxylation sites is 1. The summed E-state index contributed by atoms with van der Waals surface area (Å²) in [5.74, 6) is 1.86. The van der Waals surface area contributed by atoms with Crippen LogP contribution in [0.4, 0.5) is 17.1 Å². The lowest BCUT2D eigenvalue weighted by Gasteiger charge is -2.49. The van der Waals surface area contributed by atoms with Gasteiger partial charge in [0.05, 0.1) is 22.2 Å².